The second-order valence-corrected chi connectivity index (χ2v) is 18.3. The average molecular weight is 815 g/mol. The van der Waals surface area contributed by atoms with Crippen molar-refractivity contribution < 1.29 is 41.9 Å². The number of allylic oxidation sites excluding steroid dienone is 3. The third-order valence-corrected chi connectivity index (χ3v) is 12.5. The van der Waals surface area contributed by atoms with Gasteiger partial charge in [0.1, 0.15) is 11.7 Å². The van der Waals surface area contributed by atoms with Gasteiger partial charge < -0.3 is 14.4 Å². The smallest absolute Gasteiger partial charge is 0.307 e. The first-order valence-corrected chi connectivity index (χ1v) is 20.3. The van der Waals surface area contributed by atoms with Crippen molar-refractivity contribution >= 4 is 66.1 Å². The van der Waals surface area contributed by atoms with Gasteiger partial charge in [0.05, 0.1) is 29.7 Å². The number of halogens is 1. The number of fused-ring (bicyclic) bond motifs is 1. The van der Waals surface area contributed by atoms with Crippen LogP contribution in [0.3, 0.4) is 0 Å². The monoisotopic (exact) mass is 813 g/mol. The summed E-state index contributed by atoms with van der Waals surface area (Å²) in [5, 5.41) is 0.956. The Kier molecular flexibility index (Phi) is 12.0. The number of benzene rings is 1. The molecular formula is C39H48BrN3O9S. The molecule has 0 unspecified atom stereocenters. The Morgan fingerprint density at radius 3 is 2.51 bits per heavy atom. The lowest BCUT2D eigenvalue weighted by molar-refractivity contribution is -0.159. The number of esters is 1. The maximum Gasteiger partial charge on any atom is 0.307 e. The van der Waals surface area contributed by atoms with Gasteiger partial charge in [0.25, 0.3) is 0 Å². The van der Waals surface area contributed by atoms with Gasteiger partial charge in [-0.3, -0.25) is 28.7 Å². The lowest BCUT2D eigenvalue weighted by Gasteiger charge is -2.29. The molecule has 0 bridgehead atoms. The van der Waals surface area contributed by atoms with E-state index in [1.54, 1.807) is 53.0 Å². The van der Waals surface area contributed by atoms with Crippen molar-refractivity contribution in [2.75, 3.05) is 6.54 Å². The predicted octanol–water partition coefficient (Wildman–Crippen LogP) is 5.77. The molecule has 286 valence electrons. The van der Waals surface area contributed by atoms with Crippen molar-refractivity contribution in [2.45, 2.75) is 109 Å². The largest absolute Gasteiger partial charge is 0.472 e. The summed E-state index contributed by atoms with van der Waals surface area (Å²) in [4.78, 5) is 74.3. The van der Waals surface area contributed by atoms with Crippen LogP contribution in [0, 0.1) is 17.3 Å². The van der Waals surface area contributed by atoms with Crippen LogP contribution in [0.15, 0.2) is 59.2 Å². The summed E-state index contributed by atoms with van der Waals surface area (Å²) in [6.07, 6.45) is 4.74. The van der Waals surface area contributed by atoms with Crippen LogP contribution in [0.4, 0.5) is 0 Å². The topological polar surface area (TPSA) is 166 Å². The number of carbonyl (C=O) groups excluding carboxylic acids is 5. The van der Waals surface area contributed by atoms with Gasteiger partial charge in [-0.05, 0) is 95.4 Å². The van der Waals surface area contributed by atoms with E-state index in [2.05, 4.69) is 32.2 Å². The Morgan fingerprint density at radius 1 is 1.17 bits per heavy atom. The number of pyridine rings is 1. The number of nitrogens with zero attached hydrogens (tertiary/aromatic N) is 2. The fraction of sp³-hybridized carbons (Fsp3) is 0.538. The lowest BCUT2D eigenvalue weighted by Crippen LogP contribution is -2.46. The minimum atomic E-state index is -3.88. The molecule has 2 aliphatic carbocycles. The highest BCUT2D eigenvalue weighted by Crippen LogP contribution is 2.57. The van der Waals surface area contributed by atoms with Gasteiger partial charge in [0.2, 0.25) is 27.7 Å². The number of hydrogen-bond donors (Lipinski definition) is 1. The number of amides is 2. The van der Waals surface area contributed by atoms with Crippen LogP contribution in [0.25, 0.3) is 10.8 Å². The molecule has 14 heteroatoms. The van der Waals surface area contributed by atoms with Crippen LogP contribution < -0.4 is 9.46 Å². The number of ether oxygens (including phenoxy) is 2. The number of Topliss-reactive ketones (excluding diaryl/α,β-unsaturated/α-hetero) is 2. The molecule has 1 N–H and O–H groups in total. The Labute approximate surface area is 319 Å². The zero-order valence-electron chi connectivity index (χ0n) is 30.9. The van der Waals surface area contributed by atoms with E-state index < -0.39 is 73.8 Å². The van der Waals surface area contributed by atoms with Crippen LogP contribution in [0.2, 0.25) is 0 Å². The van der Waals surface area contributed by atoms with Crippen molar-refractivity contribution in [3.05, 3.63) is 59.2 Å². The fourth-order valence-corrected chi connectivity index (χ4v) is 8.65. The Bertz CT molecular complexity index is 1950. The lowest BCUT2D eigenvalue weighted by atomic mass is 9.90. The normalized spacial score (nSPS) is 23.6. The van der Waals surface area contributed by atoms with Crippen LogP contribution in [-0.2, 0) is 38.7 Å². The van der Waals surface area contributed by atoms with Gasteiger partial charge in [0.15, 0.2) is 11.6 Å². The van der Waals surface area contributed by atoms with E-state index in [9.17, 15) is 32.4 Å². The van der Waals surface area contributed by atoms with E-state index in [4.69, 9.17) is 9.47 Å². The molecule has 5 atom stereocenters. The molecule has 53 heavy (non-hydrogen) atoms. The third kappa shape index (κ3) is 9.61. The summed E-state index contributed by atoms with van der Waals surface area (Å²) >= 11 is 3.49. The van der Waals surface area contributed by atoms with Gasteiger partial charge in [-0.1, -0.05) is 34.1 Å². The van der Waals surface area contributed by atoms with Gasteiger partial charge in [0, 0.05) is 41.2 Å². The van der Waals surface area contributed by atoms with Gasteiger partial charge in [-0.15, -0.1) is 6.58 Å². The number of aromatic nitrogens is 1. The summed E-state index contributed by atoms with van der Waals surface area (Å²) in [6.45, 7) is 12.3. The quantitative estimate of drug-likeness (QED) is 0.125. The van der Waals surface area contributed by atoms with E-state index >= 15 is 0 Å². The molecule has 0 radical (unpaired) electrons. The molecule has 1 aromatic heterocycles. The minimum absolute atomic E-state index is 0.00364. The molecule has 2 aromatic rings. The third-order valence-electron chi connectivity index (χ3n) is 10.2. The molecule has 2 amide bonds. The van der Waals surface area contributed by atoms with E-state index in [1.807, 2.05) is 24.3 Å². The van der Waals surface area contributed by atoms with Crippen LogP contribution in [0.5, 0.6) is 5.88 Å². The first-order chi connectivity index (χ1) is 24.9. The standard InChI is InChI=1S/C39H48BrN3O9S/c1-7-23(3)32(44)14-10-25(17-34(46)52-38(4,5)6)36(47)43-22-28(51-35-30-18-27(40)11-9-24(30)15-16-41-35)19-31(43)33(45)21-39(20-26(39)8-2)37(48)42-53(49,50)29-12-13-29/h7-9,11,15-16,18,25-26,28-29,31H,2,10,12-14,17,19-22H2,1,3-6H3,(H,42,48)/b23-7+/t25-,26+,28-,31+,39-/m1/s1. The molecule has 1 saturated heterocycles. The van der Waals surface area contributed by atoms with Crippen LogP contribution in [-0.4, -0.2) is 77.2 Å². The first-order valence-electron chi connectivity index (χ1n) is 18.0. The SMILES string of the molecule is C=C[C@H]1C[C@]1(CC(=O)[C@@H]1C[C@@H](Oc2nccc3ccc(Br)cc23)CN1C(=O)[C@H](CCC(=O)/C(C)=C/C)CC(=O)OC(C)(C)C)C(=O)NS(=O)(=O)C1CC1. The Hall–Kier alpha value is -3.91. The summed E-state index contributed by atoms with van der Waals surface area (Å²) in [7, 11) is -3.88. The Balaban J connectivity index is 1.45. The van der Waals surface area contributed by atoms with Crippen molar-refractivity contribution in [3.63, 3.8) is 0 Å². The highest BCUT2D eigenvalue weighted by atomic mass is 79.9. The number of sulfonamides is 1. The molecule has 0 spiro atoms. The van der Waals surface area contributed by atoms with Crippen molar-refractivity contribution in [1.82, 2.24) is 14.6 Å². The molecule has 1 aromatic carbocycles. The zero-order chi connectivity index (χ0) is 38.9. The second-order valence-electron chi connectivity index (χ2n) is 15.4. The number of hydrogen-bond acceptors (Lipinski definition) is 10. The number of likely N-dealkylation sites (tertiary alicyclic amines) is 1. The molecule has 5 rings (SSSR count). The van der Waals surface area contributed by atoms with Gasteiger partial charge in [-0.2, -0.15) is 0 Å². The highest BCUT2D eigenvalue weighted by molar-refractivity contribution is 9.10. The molecule has 3 fully saturated rings. The molecule has 3 aliphatic rings. The predicted molar refractivity (Wildman–Crippen MR) is 202 cm³/mol. The molecule has 2 heterocycles. The Morgan fingerprint density at radius 2 is 1.89 bits per heavy atom. The van der Waals surface area contributed by atoms with Crippen molar-refractivity contribution in [2.24, 2.45) is 17.3 Å². The maximum absolute atomic E-state index is 14.6. The minimum Gasteiger partial charge on any atom is -0.472 e. The highest BCUT2D eigenvalue weighted by Gasteiger charge is 2.61. The van der Waals surface area contributed by atoms with Crippen molar-refractivity contribution in [1.29, 1.82) is 0 Å². The summed E-state index contributed by atoms with van der Waals surface area (Å²) in [5.41, 5.74) is -1.62. The molecule has 12 nitrogen and oxygen atoms in total. The van der Waals surface area contributed by atoms with Crippen LogP contribution >= 0.6 is 15.9 Å². The fourth-order valence-electron chi connectivity index (χ4n) is 6.90. The van der Waals surface area contributed by atoms with Gasteiger partial charge >= 0.3 is 5.97 Å². The maximum atomic E-state index is 14.6. The first kappa shape index (κ1) is 40.3. The van der Waals surface area contributed by atoms with Gasteiger partial charge in [-0.25, -0.2) is 13.4 Å². The van der Waals surface area contributed by atoms with E-state index in [1.165, 1.54) is 4.90 Å². The zero-order valence-corrected chi connectivity index (χ0v) is 33.3. The van der Waals surface area contributed by atoms with E-state index in [0.717, 1.165) is 15.2 Å². The van der Waals surface area contributed by atoms with E-state index in [0.29, 0.717) is 24.3 Å². The summed E-state index contributed by atoms with van der Waals surface area (Å²) < 4.78 is 40.4. The van der Waals surface area contributed by atoms with E-state index in [-0.39, 0.29) is 50.9 Å². The second kappa shape index (κ2) is 15.8. The number of nitrogens with one attached hydrogen (secondary N) is 1. The number of rotatable bonds is 16. The molecular weight excluding hydrogens is 766 g/mol. The molecule has 2 saturated carbocycles. The average Bonchev–Trinajstić information content (AvgIpc) is 4.02. The van der Waals surface area contributed by atoms with Crippen LogP contribution in [0.1, 0.15) is 86.0 Å². The van der Waals surface area contributed by atoms with Crippen molar-refractivity contribution in [3.8, 4) is 5.88 Å². The summed E-state index contributed by atoms with van der Waals surface area (Å²) in [6, 6.07) is 6.42. The number of carbonyl (C=O) groups is 5. The number of ketones is 2. The molecule has 1 aliphatic heterocycles. The summed E-state index contributed by atoms with van der Waals surface area (Å²) in [5.74, 6) is -3.63.